The van der Waals surface area contributed by atoms with E-state index >= 15 is 0 Å². The van der Waals surface area contributed by atoms with Crippen LogP contribution in [0.15, 0.2) is 29.3 Å². The Morgan fingerprint density at radius 3 is 2.37 bits per heavy atom. The summed E-state index contributed by atoms with van der Waals surface area (Å²) in [7, 11) is 1.72. The van der Waals surface area contributed by atoms with Gasteiger partial charge in [-0.25, -0.2) is 4.39 Å². The molecule has 9 heteroatoms. The number of benzene rings is 1. The molecule has 0 bridgehead atoms. The molecule has 2 amide bonds. The highest BCUT2D eigenvalue weighted by Gasteiger charge is 2.25. The van der Waals surface area contributed by atoms with Gasteiger partial charge in [0.05, 0.1) is 0 Å². The predicted octanol–water partition coefficient (Wildman–Crippen LogP) is 2.11. The van der Waals surface area contributed by atoms with Gasteiger partial charge < -0.3 is 10.6 Å². The molecule has 1 aromatic rings. The number of likely N-dealkylation sites (tertiary alicyclic amines) is 2. The van der Waals surface area contributed by atoms with Crippen molar-refractivity contribution in [3.8, 4) is 0 Å². The van der Waals surface area contributed by atoms with Crippen LogP contribution in [0.4, 0.5) is 4.39 Å². The second-order valence-corrected chi connectivity index (χ2v) is 7.61. The summed E-state index contributed by atoms with van der Waals surface area (Å²) in [6.45, 7) is 3.61. The van der Waals surface area contributed by atoms with Gasteiger partial charge in [0.25, 0.3) is 0 Å². The Kier molecular flexibility index (Phi) is 9.96. The molecule has 2 aliphatic rings. The van der Waals surface area contributed by atoms with Crippen molar-refractivity contribution in [3.05, 3.63) is 35.6 Å². The minimum Gasteiger partial charge on any atom is -0.355 e. The summed E-state index contributed by atoms with van der Waals surface area (Å²) in [5.41, 5.74) is 1.12. The monoisotopic (exact) mass is 531 g/mol. The van der Waals surface area contributed by atoms with Gasteiger partial charge >= 0.3 is 0 Å². The zero-order valence-electron chi connectivity index (χ0n) is 17.4. The van der Waals surface area contributed by atoms with Crippen LogP contribution in [0.1, 0.15) is 37.7 Å². The maximum atomic E-state index is 13.0. The summed E-state index contributed by atoms with van der Waals surface area (Å²) >= 11 is 0. The first-order chi connectivity index (χ1) is 14.0. The number of amides is 2. The normalized spacial score (nSPS) is 18.9. The molecular formula is C21H31FIN5O2. The molecule has 0 spiro atoms. The molecule has 0 saturated carbocycles. The summed E-state index contributed by atoms with van der Waals surface area (Å²) in [6.07, 6.45) is 3.55. The second kappa shape index (κ2) is 12.2. The molecule has 30 heavy (non-hydrogen) atoms. The molecule has 0 aromatic heterocycles. The van der Waals surface area contributed by atoms with Crippen LogP contribution >= 0.6 is 24.0 Å². The largest absolute Gasteiger partial charge is 0.355 e. The molecule has 3 rings (SSSR count). The Morgan fingerprint density at radius 2 is 1.77 bits per heavy atom. The van der Waals surface area contributed by atoms with E-state index < -0.39 is 0 Å². The van der Waals surface area contributed by atoms with E-state index in [1.54, 1.807) is 7.05 Å². The van der Waals surface area contributed by atoms with Gasteiger partial charge in [-0.3, -0.25) is 24.4 Å². The molecular weight excluding hydrogens is 500 g/mol. The van der Waals surface area contributed by atoms with Gasteiger partial charge in [-0.1, -0.05) is 12.1 Å². The maximum absolute atomic E-state index is 13.0. The van der Waals surface area contributed by atoms with Gasteiger partial charge in [0.1, 0.15) is 5.82 Å². The number of aliphatic imine (C=N–C) groups is 1. The van der Waals surface area contributed by atoms with E-state index in [-0.39, 0.29) is 41.6 Å². The van der Waals surface area contributed by atoms with Crippen LogP contribution in [0, 0.1) is 5.82 Å². The lowest BCUT2D eigenvalue weighted by molar-refractivity contribution is -0.147. The lowest BCUT2D eigenvalue weighted by Gasteiger charge is -2.33. The fourth-order valence-corrected chi connectivity index (χ4v) is 3.81. The Balaban J connectivity index is 0.00000320. The van der Waals surface area contributed by atoms with Gasteiger partial charge in [0.2, 0.25) is 11.8 Å². The number of imide groups is 1. The SMILES string of the molecule is CN=C(NCCN1C(=O)CCCC1=O)NC1CCN(Cc2ccc(F)cc2)CC1.I. The molecule has 2 aliphatic heterocycles. The average Bonchev–Trinajstić information content (AvgIpc) is 2.72. The van der Waals surface area contributed by atoms with Crippen molar-refractivity contribution in [3.63, 3.8) is 0 Å². The number of carbonyl (C=O) groups is 2. The Bertz CT molecular complexity index is 719. The van der Waals surface area contributed by atoms with Crippen LogP contribution in [0.3, 0.4) is 0 Å². The molecule has 2 fully saturated rings. The Morgan fingerprint density at radius 1 is 1.13 bits per heavy atom. The molecule has 2 N–H and O–H groups in total. The van der Waals surface area contributed by atoms with Crippen LogP contribution in [0.5, 0.6) is 0 Å². The third-order valence-corrected chi connectivity index (χ3v) is 5.48. The highest BCUT2D eigenvalue weighted by molar-refractivity contribution is 14.0. The number of nitrogens with zero attached hydrogens (tertiary/aromatic N) is 3. The van der Waals surface area contributed by atoms with Gasteiger partial charge in [0, 0.05) is 58.7 Å². The fraction of sp³-hybridized carbons (Fsp3) is 0.571. The molecule has 2 saturated heterocycles. The van der Waals surface area contributed by atoms with E-state index in [4.69, 9.17) is 0 Å². The maximum Gasteiger partial charge on any atom is 0.229 e. The quantitative estimate of drug-likeness (QED) is 0.255. The Labute approximate surface area is 194 Å². The number of guanidine groups is 1. The summed E-state index contributed by atoms with van der Waals surface area (Å²) < 4.78 is 13.0. The smallest absolute Gasteiger partial charge is 0.229 e. The van der Waals surface area contributed by atoms with E-state index in [0.29, 0.717) is 44.4 Å². The number of carbonyl (C=O) groups excluding carboxylic acids is 2. The van der Waals surface area contributed by atoms with Crippen LogP contribution < -0.4 is 10.6 Å². The van der Waals surface area contributed by atoms with E-state index in [1.165, 1.54) is 17.0 Å². The molecule has 0 radical (unpaired) electrons. The Hall–Kier alpha value is -1.75. The first-order valence-corrected chi connectivity index (χ1v) is 10.3. The van der Waals surface area contributed by atoms with Gasteiger partial charge in [-0.05, 0) is 37.0 Å². The lowest BCUT2D eigenvalue weighted by Crippen LogP contribution is -2.50. The molecule has 0 aliphatic carbocycles. The van der Waals surface area contributed by atoms with E-state index in [1.807, 2.05) is 12.1 Å². The zero-order chi connectivity index (χ0) is 20.6. The van der Waals surface area contributed by atoms with Crippen LogP contribution in [-0.2, 0) is 16.1 Å². The minimum absolute atomic E-state index is 0. The van der Waals surface area contributed by atoms with Crippen molar-refractivity contribution in [1.82, 2.24) is 20.4 Å². The molecule has 0 unspecified atom stereocenters. The van der Waals surface area contributed by atoms with Gasteiger partial charge in [-0.15, -0.1) is 24.0 Å². The summed E-state index contributed by atoms with van der Waals surface area (Å²) in [5.74, 6) is 0.322. The van der Waals surface area contributed by atoms with Crippen molar-refractivity contribution in [2.45, 2.75) is 44.7 Å². The number of hydrogen-bond acceptors (Lipinski definition) is 4. The summed E-state index contributed by atoms with van der Waals surface area (Å²) in [4.78, 5) is 31.7. The standard InChI is InChI=1S/C21H30FN5O2.HI/c1-23-21(24-11-14-27-19(28)3-2-4-20(27)29)25-18-9-12-26(13-10-18)15-16-5-7-17(22)8-6-16;/h5-8,18H,2-4,9-15H2,1H3,(H2,23,24,25);1H. The van der Waals surface area contributed by atoms with E-state index in [0.717, 1.165) is 38.0 Å². The fourth-order valence-electron chi connectivity index (χ4n) is 3.81. The lowest BCUT2D eigenvalue weighted by atomic mass is 10.0. The van der Waals surface area contributed by atoms with E-state index in [2.05, 4.69) is 20.5 Å². The molecule has 7 nitrogen and oxygen atoms in total. The number of nitrogens with one attached hydrogen (secondary N) is 2. The highest BCUT2D eigenvalue weighted by Crippen LogP contribution is 2.14. The van der Waals surface area contributed by atoms with Crippen LogP contribution in [0.25, 0.3) is 0 Å². The second-order valence-electron chi connectivity index (χ2n) is 7.61. The number of hydrogen-bond donors (Lipinski definition) is 2. The molecule has 166 valence electrons. The van der Waals surface area contributed by atoms with Gasteiger partial charge in [-0.2, -0.15) is 0 Å². The molecule has 0 atom stereocenters. The van der Waals surface area contributed by atoms with Crippen molar-refractivity contribution in [2.24, 2.45) is 4.99 Å². The van der Waals surface area contributed by atoms with Crippen LogP contribution in [0.2, 0.25) is 0 Å². The number of rotatable bonds is 6. The van der Waals surface area contributed by atoms with E-state index in [9.17, 15) is 14.0 Å². The molecule has 1 aromatic carbocycles. The summed E-state index contributed by atoms with van der Waals surface area (Å²) in [6, 6.07) is 7.00. The highest BCUT2D eigenvalue weighted by atomic mass is 127. The van der Waals surface area contributed by atoms with Crippen molar-refractivity contribution in [2.75, 3.05) is 33.2 Å². The van der Waals surface area contributed by atoms with Crippen molar-refractivity contribution >= 4 is 41.8 Å². The van der Waals surface area contributed by atoms with Crippen LogP contribution in [-0.4, -0.2) is 66.8 Å². The topological polar surface area (TPSA) is 77.0 Å². The average molecular weight is 531 g/mol. The minimum atomic E-state index is -0.204. The first-order valence-electron chi connectivity index (χ1n) is 10.3. The predicted molar refractivity (Wildman–Crippen MR) is 125 cm³/mol. The third kappa shape index (κ3) is 7.19. The van der Waals surface area contributed by atoms with Crippen molar-refractivity contribution < 1.29 is 14.0 Å². The first kappa shape index (κ1) is 24.5. The number of piperidine rings is 2. The number of halogens is 2. The molecule has 2 heterocycles. The third-order valence-electron chi connectivity index (χ3n) is 5.48. The zero-order valence-corrected chi connectivity index (χ0v) is 19.7. The van der Waals surface area contributed by atoms with Gasteiger partial charge in [0.15, 0.2) is 5.96 Å². The van der Waals surface area contributed by atoms with Crippen molar-refractivity contribution in [1.29, 1.82) is 0 Å². The summed E-state index contributed by atoms with van der Waals surface area (Å²) in [5, 5.41) is 6.64.